The van der Waals surface area contributed by atoms with E-state index in [0.29, 0.717) is 21.7 Å². The number of hydrogen-bond donors (Lipinski definition) is 2. The van der Waals surface area contributed by atoms with Gasteiger partial charge in [0.15, 0.2) is 6.10 Å². The molecule has 214 valence electrons. The molecule has 0 spiro atoms. The van der Waals surface area contributed by atoms with Crippen molar-refractivity contribution in [3.8, 4) is 22.4 Å². The normalized spacial score (nSPS) is 11.9. The van der Waals surface area contributed by atoms with E-state index in [4.69, 9.17) is 25.6 Å². The van der Waals surface area contributed by atoms with Crippen molar-refractivity contribution in [1.29, 1.82) is 0 Å². The van der Waals surface area contributed by atoms with Gasteiger partial charge in [0.05, 0.1) is 13.2 Å². The Morgan fingerprint density at radius 2 is 1.76 bits per heavy atom. The molecule has 2 N–H and O–H groups in total. The molecule has 0 saturated heterocycles. The lowest BCUT2D eigenvalue weighted by atomic mass is 10.0. The van der Waals surface area contributed by atoms with Crippen molar-refractivity contribution < 1.29 is 37.5 Å². The summed E-state index contributed by atoms with van der Waals surface area (Å²) in [5.41, 5.74) is 4.39. The molecule has 41 heavy (non-hydrogen) atoms. The summed E-state index contributed by atoms with van der Waals surface area (Å²) in [4.78, 5) is 25.2. The monoisotopic (exact) mass is 585 g/mol. The van der Waals surface area contributed by atoms with Gasteiger partial charge in [0.25, 0.3) is 0 Å². The van der Waals surface area contributed by atoms with Crippen LogP contribution in [0.15, 0.2) is 77.3 Å². The highest BCUT2D eigenvalue weighted by molar-refractivity contribution is 6.30. The Morgan fingerprint density at radius 1 is 1.02 bits per heavy atom. The van der Waals surface area contributed by atoms with Gasteiger partial charge >= 0.3 is 11.9 Å². The second-order valence-electron chi connectivity index (χ2n) is 8.87. The summed E-state index contributed by atoms with van der Waals surface area (Å²) in [6, 6.07) is 18.1. The van der Waals surface area contributed by atoms with Gasteiger partial charge in [-0.05, 0) is 41.5 Å². The molecule has 9 nitrogen and oxygen atoms in total. The number of benzene rings is 3. The number of ether oxygens (including phenoxy) is 2. The van der Waals surface area contributed by atoms with Crippen LogP contribution in [0, 0.1) is 11.6 Å². The molecule has 0 aliphatic heterocycles. The number of aliphatic hydroxyl groups is 1. The lowest BCUT2D eigenvalue weighted by Crippen LogP contribution is -2.47. The average Bonchev–Trinajstić information content (AvgIpc) is 3.45. The van der Waals surface area contributed by atoms with Crippen LogP contribution in [0.2, 0.25) is 5.02 Å². The number of nitrogens with one attached hydrogen (secondary N) is 1. The SMILES string of the molecule is COCCOC(=O)C(O)CN(Cc1ccc(-c2cc(Cl)ccc2F)cc1)NC(=O)c1cc(-c2ccccc2F)no1. The molecule has 1 heterocycles. The number of hydrogen-bond acceptors (Lipinski definition) is 8. The number of amides is 1. The Bertz CT molecular complexity index is 1500. The topological polar surface area (TPSA) is 114 Å². The number of halogens is 3. The second-order valence-corrected chi connectivity index (χ2v) is 9.31. The van der Waals surface area contributed by atoms with Crippen molar-refractivity contribution in [3.63, 3.8) is 0 Å². The van der Waals surface area contributed by atoms with Crippen LogP contribution in [0.25, 0.3) is 22.4 Å². The Kier molecular flexibility index (Phi) is 10.1. The number of carbonyl (C=O) groups is 2. The summed E-state index contributed by atoms with van der Waals surface area (Å²) in [7, 11) is 1.44. The number of rotatable bonds is 12. The zero-order chi connectivity index (χ0) is 29.4. The van der Waals surface area contributed by atoms with E-state index in [1.807, 2.05) is 0 Å². The third-order valence-electron chi connectivity index (χ3n) is 5.91. The third kappa shape index (κ3) is 7.95. The average molecular weight is 586 g/mol. The van der Waals surface area contributed by atoms with Crippen molar-refractivity contribution in [2.75, 3.05) is 26.9 Å². The first kappa shape index (κ1) is 29.8. The van der Waals surface area contributed by atoms with Crippen molar-refractivity contribution in [3.05, 3.63) is 101 Å². The molecule has 3 aromatic carbocycles. The summed E-state index contributed by atoms with van der Waals surface area (Å²) in [5.74, 6) is -2.86. The van der Waals surface area contributed by atoms with Crippen LogP contribution in [0.3, 0.4) is 0 Å². The molecule has 1 atom stereocenters. The first-order valence-corrected chi connectivity index (χ1v) is 12.8. The maximum atomic E-state index is 14.3. The minimum absolute atomic E-state index is 0.0285. The number of aromatic nitrogens is 1. The molecule has 0 aliphatic rings. The minimum Gasteiger partial charge on any atom is -0.461 e. The summed E-state index contributed by atoms with van der Waals surface area (Å²) in [5, 5.41) is 15.9. The Hall–Kier alpha value is -4.16. The largest absolute Gasteiger partial charge is 0.461 e. The first-order valence-electron chi connectivity index (χ1n) is 12.4. The Labute approximate surface area is 239 Å². The summed E-state index contributed by atoms with van der Waals surface area (Å²) in [6.07, 6.45) is -1.62. The summed E-state index contributed by atoms with van der Waals surface area (Å²) >= 11 is 6.01. The molecular weight excluding hydrogens is 560 g/mol. The van der Waals surface area contributed by atoms with Gasteiger partial charge in [-0.1, -0.05) is 53.2 Å². The van der Waals surface area contributed by atoms with E-state index in [-0.39, 0.29) is 43.3 Å². The number of methoxy groups -OCH3 is 1. The quantitative estimate of drug-likeness (QED) is 0.140. The number of carbonyl (C=O) groups excluding carboxylic acids is 2. The molecule has 0 radical (unpaired) electrons. The smallest absolute Gasteiger partial charge is 0.336 e. The lowest BCUT2D eigenvalue weighted by molar-refractivity contribution is -0.156. The van der Waals surface area contributed by atoms with Crippen molar-refractivity contribution in [2.24, 2.45) is 0 Å². The zero-order valence-corrected chi connectivity index (χ0v) is 22.6. The number of esters is 1. The van der Waals surface area contributed by atoms with Gasteiger partial charge in [-0.15, -0.1) is 0 Å². The van der Waals surface area contributed by atoms with Crippen LogP contribution >= 0.6 is 11.6 Å². The highest BCUT2D eigenvalue weighted by Crippen LogP contribution is 2.27. The minimum atomic E-state index is -1.62. The van der Waals surface area contributed by atoms with Crippen molar-refractivity contribution in [1.82, 2.24) is 15.6 Å². The summed E-state index contributed by atoms with van der Waals surface area (Å²) < 4.78 is 43.4. The van der Waals surface area contributed by atoms with Crippen LogP contribution in [0.4, 0.5) is 8.78 Å². The van der Waals surface area contributed by atoms with Gasteiger partial charge in [-0.3, -0.25) is 10.2 Å². The predicted molar refractivity (Wildman–Crippen MR) is 145 cm³/mol. The van der Waals surface area contributed by atoms with E-state index in [9.17, 15) is 23.5 Å². The Balaban J connectivity index is 1.51. The molecule has 0 fully saturated rings. The zero-order valence-electron chi connectivity index (χ0n) is 21.9. The van der Waals surface area contributed by atoms with Crippen molar-refractivity contribution in [2.45, 2.75) is 12.6 Å². The number of hydrazine groups is 1. The van der Waals surface area contributed by atoms with Crippen LogP contribution < -0.4 is 5.43 Å². The molecule has 1 unspecified atom stereocenters. The van der Waals surface area contributed by atoms with Crippen molar-refractivity contribution >= 4 is 23.5 Å². The molecule has 1 amide bonds. The molecule has 0 aliphatic carbocycles. The second kappa shape index (κ2) is 14.0. The third-order valence-corrected chi connectivity index (χ3v) is 6.14. The molecule has 12 heteroatoms. The van der Waals surface area contributed by atoms with E-state index in [0.717, 1.165) is 0 Å². The standard InChI is InChI=1S/C29H26ClF2N3O6/c1-39-12-13-40-29(38)26(36)17-35(16-18-6-8-19(9-7-18)22-14-20(30)10-11-24(22)32)33-28(37)27-15-25(34-41-27)21-4-2-3-5-23(21)31/h2-11,14-15,26,36H,12-13,16-17H2,1H3,(H,33,37). The van der Waals surface area contributed by atoms with E-state index in [1.165, 1.54) is 54.6 Å². The Morgan fingerprint density at radius 3 is 2.49 bits per heavy atom. The van der Waals surface area contributed by atoms with Crippen LogP contribution in [0.5, 0.6) is 0 Å². The van der Waals surface area contributed by atoms with Crippen LogP contribution in [-0.4, -0.2) is 60.1 Å². The number of aliphatic hydroxyl groups excluding tert-OH is 1. The van der Waals surface area contributed by atoms with E-state index >= 15 is 0 Å². The van der Waals surface area contributed by atoms with Gasteiger partial charge in [0.1, 0.15) is 23.9 Å². The fraction of sp³-hybridized carbons (Fsp3) is 0.207. The molecular formula is C29H26ClF2N3O6. The van der Waals surface area contributed by atoms with Crippen LogP contribution in [0.1, 0.15) is 16.1 Å². The van der Waals surface area contributed by atoms with Gasteiger partial charge in [0.2, 0.25) is 5.76 Å². The van der Waals surface area contributed by atoms with Gasteiger partial charge in [0, 0.05) is 35.9 Å². The van der Waals surface area contributed by atoms with Crippen LogP contribution in [-0.2, 0) is 20.8 Å². The predicted octanol–water partition coefficient (Wildman–Crippen LogP) is 4.64. The summed E-state index contributed by atoms with van der Waals surface area (Å²) in [6.45, 7) is -0.233. The maximum absolute atomic E-state index is 14.3. The molecule has 0 bridgehead atoms. The molecule has 4 aromatic rings. The fourth-order valence-corrected chi connectivity index (χ4v) is 4.03. The van der Waals surface area contributed by atoms with E-state index < -0.39 is 29.6 Å². The van der Waals surface area contributed by atoms with E-state index in [1.54, 1.807) is 30.3 Å². The van der Waals surface area contributed by atoms with Gasteiger partial charge in [-0.25, -0.2) is 18.6 Å². The molecule has 4 rings (SSSR count). The lowest BCUT2D eigenvalue weighted by Gasteiger charge is -2.24. The van der Waals surface area contributed by atoms with Gasteiger partial charge < -0.3 is 19.1 Å². The molecule has 1 aromatic heterocycles. The van der Waals surface area contributed by atoms with Gasteiger partial charge in [-0.2, -0.15) is 0 Å². The van der Waals surface area contributed by atoms with E-state index in [2.05, 4.69) is 10.6 Å². The maximum Gasteiger partial charge on any atom is 0.336 e. The molecule has 0 saturated carbocycles. The fourth-order valence-electron chi connectivity index (χ4n) is 3.86. The first-order chi connectivity index (χ1) is 19.7. The number of nitrogens with zero attached hydrogens (tertiary/aromatic N) is 2. The highest BCUT2D eigenvalue weighted by Gasteiger charge is 2.24. The highest BCUT2D eigenvalue weighted by atomic mass is 35.5.